The molecule has 1 unspecified atom stereocenters. The molecule has 2 aromatic heterocycles. The number of amides is 4. The van der Waals surface area contributed by atoms with E-state index in [9.17, 15) is 24.3 Å². The highest BCUT2D eigenvalue weighted by Crippen LogP contribution is 2.55. The van der Waals surface area contributed by atoms with E-state index in [0.717, 1.165) is 17.6 Å². The fraction of sp³-hybridized carbons (Fsp3) is 0.250. The predicted molar refractivity (Wildman–Crippen MR) is 136 cm³/mol. The Bertz CT molecular complexity index is 1310. The lowest BCUT2D eigenvalue weighted by molar-refractivity contribution is -0.641. The molecule has 37 heavy (non-hydrogen) atoms. The normalized spacial score (nSPS) is 20.8. The van der Waals surface area contributed by atoms with E-state index >= 15 is 0 Å². The Morgan fingerprint density at radius 3 is 2.73 bits per heavy atom. The second kappa shape index (κ2) is 10.7. The Morgan fingerprint density at radius 1 is 1.43 bits per heavy atom. The fourth-order valence-corrected chi connectivity index (χ4v) is 7.16. The number of carbonyl (C=O) groups is 4. The van der Waals surface area contributed by atoms with Crippen molar-refractivity contribution < 1.29 is 33.8 Å². The number of carboxylic acids is 1. The van der Waals surface area contributed by atoms with Crippen molar-refractivity contribution in [2.45, 2.75) is 21.6 Å². The maximum Gasteiger partial charge on any atom is 0.365 e. The number of β-lactam (4-membered cyclic amide) rings is 1. The zero-order chi connectivity index (χ0) is 26.7. The van der Waals surface area contributed by atoms with Crippen LogP contribution in [0.3, 0.4) is 0 Å². The molecule has 2 aliphatic rings. The third-order valence-corrected chi connectivity index (χ3v) is 8.52. The molecule has 14 nitrogen and oxygen atoms in total. The number of nitrogens with zero attached hydrogens (tertiary/aromatic N) is 4. The number of aromatic nitrogens is 2. The summed E-state index contributed by atoms with van der Waals surface area (Å²) in [5.41, 5.74) is 13.7. The van der Waals surface area contributed by atoms with Crippen molar-refractivity contribution in [2.75, 3.05) is 24.0 Å². The molecule has 17 heteroatoms. The van der Waals surface area contributed by atoms with Crippen LogP contribution in [0.4, 0.5) is 9.93 Å². The summed E-state index contributed by atoms with van der Waals surface area (Å²) in [4.78, 5) is 58.3. The molecule has 7 N–H and O–H groups in total. The van der Waals surface area contributed by atoms with Crippen LogP contribution in [-0.2, 0) is 24.1 Å². The third kappa shape index (κ3) is 5.32. The first-order chi connectivity index (χ1) is 17.6. The van der Waals surface area contributed by atoms with Gasteiger partial charge in [0.25, 0.3) is 5.91 Å². The van der Waals surface area contributed by atoms with Crippen LogP contribution in [0.15, 0.2) is 51.2 Å². The van der Waals surface area contributed by atoms with Crippen LogP contribution in [0.25, 0.3) is 0 Å². The third-order valence-electron chi connectivity index (χ3n) is 5.25. The topological polar surface area (TPSA) is 206 Å². The lowest BCUT2D eigenvalue weighted by Gasteiger charge is -2.51. The smallest absolute Gasteiger partial charge is 0.365 e. The predicted octanol–water partition coefficient (Wildman–Crippen LogP) is -0.0276. The monoisotopic (exact) mass is 565 g/mol. The number of anilines is 1. The van der Waals surface area contributed by atoms with Gasteiger partial charge in [0.15, 0.2) is 10.0 Å². The fourth-order valence-electron chi connectivity index (χ4n) is 3.75. The molecule has 4 heterocycles. The number of hydrogen-bond donors (Lipinski definition) is 5. The number of nitrogen functional groups attached to an aromatic ring is 1. The van der Waals surface area contributed by atoms with Crippen molar-refractivity contribution in [1.29, 1.82) is 0 Å². The van der Waals surface area contributed by atoms with Gasteiger partial charge in [-0.25, -0.2) is 14.6 Å². The Balaban J connectivity index is 1.79. The molecule has 0 aromatic carbocycles. The highest BCUT2D eigenvalue weighted by molar-refractivity contribution is 8.01. The van der Waals surface area contributed by atoms with Crippen LogP contribution in [0.5, 0.6) is 0 Å². The number of thiazole rings is 1. The van der Waals surface area contributed by atoms with E-state index in [2.05, 4.69) is 25.7 Å². The summed E-state index contributed by atoms with van der Waals surface area (Å²) in [6.07, 6.45) is 4.13. The summed E-state index contributed by atoms with van der Waals surface area (Å²) < 4.78 is 1.35. The number of nitrogens with one attached hydrogen (secondary N) is 2. The van der Waals surface area contributed by atoms with Gasteiger partial charge in [-0.15, -0.1) is 28.5 Å². The minimum Gasteiger partial charge on any atom is -0.477 e. The largest absolute Gasteiger partial charge is 0.477 e. The lowest BCUT2D eigenvalue weighted by Crippen LogP contribution is -2.61. The zero-order valence-electron chi connectivity index (χ0n) is 19.1. The summed E-state index contributed by atoms with van der Waals surface area (Å²) in [6.45, 7) is 0. The van der Waals surface area contributed by atoms with Crippen LogP contribution in [0, 0.1) is 0 Å². The lowest BCUT2D eigenvalue weighted by atomic mass is 9.98. The van der Waals surface area contributed by atoms with Gasteiger partial charge >= 0.3 is 12.0 Å². The number of primary amides is 1. The zero-order valence-corrected chi connectivity index (χ0v) is 21.6. The summed E-state index contributed by atoms with van der Waals surface area (Å²) >= 11 is 3.59. The number of carbonyl (C=O) groups excluding carboxylic acids is 3. The van der Waals surface area contributed by atoms with Gasteiger partial charge < -0.3 is 26.7 Å². The van der Waals surface area contributed by atoms with Gasteiger partial charge in [0.1, 0.15) is 19.0 Å². The van der Waals surface area contributed by atoms with Crippen molar-refractivity contribution in [3.05, 3.63) is 46.9 Å². The molecule has 2 aromatic rings. The van der Waals surface area contributed by atoms with E-state index in [1.54, 1.807) is 29.9 Å². The number of thioether (sulfide) groups is 2. The molecular formula is C20H21N8O6S3+. The summed E-state index contributed by atoms with van der Waals surface area (Å²) in [7, 11) is 1.28. The minimum absolute atomic E-state index is 0.0531. The number of nitrogens with two attached hydrogens (primary N) is 2. The summed E-state index contributed by atoms with van der Waals surface area (Å²) in [5, 5.41) is 17.9. The molecule has 1 fully saturated rings. The molecule has 2 aliphatic heterocycles. The highest BCUT2D eigenvalue weighted by Gasteiger charge is 2.56. The first-order valence-electron chi connectivity index (χ1n) is 10.4. The maximum absolute atomic E-state index is 12.8. The first-order valence-corrected chi connectivity index (χ1v) is 13.2. The van der Waals surface area contributed by atoms with Crippen molar-refractivity contribution >= 4 is 70.0 Å². The van der Waals surface area contributed by atoms with Crippen molar-refractivity contribution in [2.24, 2.45) is 10.9 Å². The first kappa shape index (κ1) is 26.2. The van der Waals surface area contributed by atoms with Crippen LogP contribution in [0.1, 0.15) is 12.1 Å². The van der Waals surface area contributed by atoms with Gasteiger partial charge in [-0.1, -0.05) is 21.6 Å². The molecular weight excluding hydrogens is 544 g/mol. The Morgan fingerprint density at radius 2 is 2.16 bits per heavy atom. The van der Waals surface area contributed by atoms with Gasteiger partial charge in [0, 0.05) is 33.7 Å². The number of oxime groups is 1. The van der Waals surface area contributed by atoms with Crippen molar-refractivity contribution in [1.82, 2.24) is 15.2 Å². The molecule has 2 atom stereocenters. The standard InChI is InChI=1S/C20H20N8O6S3/c1-34-23-7-13(29)25-20(12-9-36-19(22)24-12)11(16(17(31)32)28-14(30)6-15(28)37-20)8-35-10-2-4-27(5-3-10)26-18(21)33/h2-5,7,9,15H,6,8H2,1H3,(H6-,21,22,24,25,26,29,31,32,33)/p+1/b23-7-/t15-,20?/m0/s1. The molecule has 0 spiro atoms. The molecule has 0 bridgehead atoms. The van der Waals surface area contributed by atoms with E-state index < -0.39 is 28.2 Å². The average Bonchev–Trinajstić information content (AvgIpc) is 3.28. The maximum atomic E-state index is 12.8. The quantitative estimate of drug-likeness (QED) is 0.0902. The van der Waals surface area contributed by atoms with E-state index in [1.165, 1.54) is 40.2 Å². The second-order valence-corrected chi connectivity index (χ2v) is 10.9. The number of pyridine rings is 1. The van der Waals surface area contributed by atoms with E-state index in [1.807, 2.05) is 0 Å². The highest BCUT2D eigenvalue weighted by atomic mass is 32.2. The van der Waals surface area contributed by atoms with Crippen LogP contribution in [0.2, 0.25) is 0 Å². The molecule has 0 aliphatic carbocycles. The Labute approximate surface area is 222 Å². The number of rotatable bonds is 9. The summed E-state index contributed by atoms with van der Waals surface area (Å²) in [6, 6.07) is 2.62. The van der Waals surface area contributed by atoms with Crippen molar-refractivity contribution in [3.8, 4) is 0 Å². The molecule has 1 saturated heterocycles. The van der Waals surface area contributed by atoms with Gasteiger partial charge in [0.05, 0.1) is 17.5 Å². The number of hydrogen-bond acceptors (Lipinski definition) is 11. The van der Waals surface area contributed by atoms with E-state index in [-0.39, 0.29) is 34.5 Å². The van der Waals surface area contributed by atoms with E-state index in [4.69, 9.17) is 11.5 Å². The van der Waals surface area contributed by atoms with Gasteiger partial charge in [-0.2, -0.15) is 0 Å². The van der Waals surface area contributed by atoms with Gasteiger partial charge in [0.2, 0.25) is 18.3 Å². The number of carboxylic acid groups (broad SMARTS) is 1. The molecule has 0 radical (unpaired) electrons. The second-order valence-electron chi connectivity index (χ2n) is 7.54. The SMILES string of the molecule is CO/N=C\C(=O)NC1(c2csc(N)n2)S[C@H]2CC(=O)N2C(C(=O)O)=C1CSc1cc[n+](NC(N)=O)cc1. The van der Waals surface area contributed by atoms with Gasteiger partial charge in [-0.05, 0) is 0 Å². The minimum atomic E-state index is -1.46. The van der Waals surface area contributed by atoms with Crippen molar-refractivity contribution in [3.63, 3.8) is 0 Å². The number of urea groups is 1. The molecule has 0 saturated carbocycles. The molecule has 194 valence electrons. The van der Waals surface area contributed by atoms with Gasteiger partial charge in [-0.3, -0.25) is 14.5 Å². The van der Waals surface area contributed by atoms with Crippen LogP contribution in [-0.4, -0.2) is 63.3 Å². The van der Waals surface area contributed by atoms with E-state index in [0.29, 0.717) is 10.6 Å². The number of fused-ring (bicyclic) bond motifs is 1. The Kier molecular flexibility index (Phi) is 7.55. The summed E-state index contributed by atoms with van der Waals surface area (Å²) in [5.74, 6) is -2.27. The Hall–Kier alpha value is -3.83. The number of aliphatic carboxylic acids is 1. The molecule has 4 rings (SSSR count). The van der Waals surface area contributed by atoms with Crippen LogP contribution >= 0.6 is 34.9 Å². The van der Waals surface area contributed by atoms with Crippen LogP contribution < -0.4 is 26.9 Å². The average molecular weight is 566 g/mol. The molecule has 4 amide bonds.